The van der Waals surface area contributed by atoms with Gasteiger partial charge < -0.3 is 5.32 Å². The molecule has 4 aromatic rings. The van der Waals surface area contributed by atoms with Crippen molar-refractivity contribution in [1.82, 2.24) is 15.2 Å². The second-order valence-electron chi connectivity index (χ2n) is 7.45. The van der Waals surface area contributed by atoms with Gasteiger partial charge in [0.25, 0.3) is 0 Å². The summed E-state index contributed by atoms with van der Waals surface area (Å²) in [6, 6.07) is 16.8. The standard InChI is InChI=1S/C23H19N5/c1-14(15-6-7-15)26-23-19-9-8-16(10-21(19)27-28-22(23)11-24)20-13-25-12-17-4-2-3-5-18(17)20/h2-5,8-10,12-15H,6-7H2,1H3,(H,26,27)/t14-/m1/s1. The highest BCUT2D eigenvalue weighted by molar-refractivity contribution is 6.00. The van der Waals surface area contributed by atoms with E-state index in [9.17, 15) is 5.26 Å². The van der Waals surface area contributed by atoms with Gasteiger partial charge in [0.15, 0.2) is 5.69 Å². The Bertz CT molecular complexity index is 1230. The van der Waals surface area contributed by atoms with Crippen LogP contribution in [-0.4, -0.2) is 21.2 Å². The number of fused-ring (bicyclic) bond motifs is 2. The first kappa shape index (κ1) is 16.6. The van der Waals surface area contributed by atoms with Gasteiger partial charge in [-0.1, -0.05) is 30.3 Å². The summed E-state index contributed by atoms with van der Waals surface area (Å²) in [5.74, 6) is 0.677. The fraction of sp³-hybridized carbons (Fsp3) is 0.217. The van der Waals surface area contributed by atoms with E-state index < -0.39 is 0 Å². The van der Waals surface area contributed by atoms with E-state index in [2.05, 4.69) is 51.7 Å². The Morgan fingerprint density at radius 3 is 2.75 bits per heavy atom. The minimum Gasteiger partial charge on any atom is -0.379 e. The summed E-state index contributed by atoms with van der Waals surface area (Å²) in [5.41, 5.74) is 4.01. The third kappa shape index (κ3) is 2.84. The first-order valence-corrected chi connectivity index (χ1v) is 9.55. The second kappa shape index (κ2) is 6.58. The fourth-order valence-electron chi connectivity index (χ4n) is 3.79. The Labute approximate surface area is 163 Å². The van der Waals surface area contributed by atoms with Crippen LogP contribution in [0.5, 0.6) is 0 Å². The molecule has 136 valence electrons. The highest BCUT2D eigenvalue weighted by Gasteiger charge is 2.29. The number of benzene rings is 2. The molecule has 0 spiro atoms. The molecule has 0 aliphatic heterocycles. The number of nitrogens with one attached hydrogen (secondary N) is 1. The van der Waals surface area contributed by atoms with Crippen LogP contribution in [0.15, 0.2) is 54.9 Å². The monoisotopic (exact) mass is 365 g/mol. The molecule has 0 radical (unpaired) electrons. The smallest absolute Gasteiger partial charge is 0.186 e. The number of hydrogen-bond acceptors (Lipinski definition) is 5. The second-order valence-corrected chi connectivity index (χ2v) is 7.45. The van der Waals surface area contributed by atoms with Crippen molar-refractivity contribution >= 4 is 27.4 Å². The molecule has 1 aliphatic rings. The van der Waals surface area contributed by atoms with Crippen molar-refractivity contribution in [3.8, 4) is 17.2 Å². The average Bonchev–Trinajstić information content (AvgIpc) is 3.58. The van der Waals surface area contributed by atoms with Crippen molar-refractivity contribution in [3.63, 3.8) is 0 Å². The van der Waals surface area contributed by atoms with E-state index in [-0.39, 0.29) is 0 Å². The van der Waals surface area contributed by atoms with Crippen molar-refractivity contribution in [2.75, 3.05) is 5.32 Å². The van der Waals surface area contributed by atoms with E-state index >= 15 is 0 Å². The molecule has 2 aromatic carbocycles. The molecule has 0 unspecified atom stereocenters. The summed E-state index contributed by atoms with van der Waals surface area (Å²) >= 11 is 0. The zero-order valence-corrected chi connectivity index (χ0v) is 15.6. The van der Waals surface area contributed by atoms with Crippen molar-refractivity contribution in [3.05, 3.63) is 60.6 Å². The van der Waals surface area contributed by atoms with Crippen molar-refractivity contribution in [2.24, 2.45) is 5.92 Å². The maximum atomic E-state index is 9.50. The summed E-state index contributed by atoms with van der Waals surface area (Å²) < 4.78 is 0. The van der Waals surface area contributed by atoms with Crippen LogP contribution >= 0.6 is 0 Å². The van der Waals surface area contributed by atoms with E-state index in [1.807, 2.05) is 36.7 Å². The zero-order valence-electron chi connectivity index (χ0n) is 15.6. The Balaban J connectivity index is 1.64. The molecule has 5 nitrogen and oxygen atoms in total. The third-order valence-electron chi connectivity index (χ3n) is 5.55. The zero-order chi connectivity index (χ0) is 19.1. The van der Waals surface area contributed by atoms with Gasteiger partial charge in [0.05, 0.1) is 11.2 Å². The number of hydrogen-bond donors (Lipinski definition) is 1. The number of nitriles is 1. The quantitative estimate of drug-likeness (QED) is 0.555. The average molecular weight is 365 g/mol. The van der Waals surface area contributed by atoms with Gasteiger partial charge in [-0.2, -0.15) is 5.26 Å². The van der Waals surface area contributed by atoms with E-state index in [1.165, 1.54) is 12.8 Å². The number of rotatable bonds is 4. The Morgan fingerprint density at radius 2 is 1.93 bits per heavy atom. The molecule has 2 aromatic heterocycles. The van der Waals surface area contributed by atoms with Crippen molar-refractivity contribution in [2.45, 2.75) is 25.8 Å². The van der Waals surface area contributed by atoms with Crippen LogP contribution in [0.1, 0.15) is 25.5 Å². The van der Waals surface area contributed by atoms with E-state index in [0.29, 0.717) is 17.7 Å². The van der Waals surface area contributed by atoms with Gasteiger partial charge in [0, 0.05) is 34.8 Å². The molecule has 5 rings (SSSR count). The topological polar surface area (TPSA) is 74.5 Å². The molecule has 0 saturated heterocycles. The van der Waals surface area contributed by atoms with Gasteiger partial charge >= 0.3 is 0 Å². The van der Waals surface area contributed by atoms with Crippen LogP contribution in [0.2, 0.25) is 0 Å². The Kier molecular flexibility index (Phi) is 3.91. The lowest BCUT2D eigenvalue weighted by molar-refractivity contribution is 0.694. The minimum atomic E-state index is 0.321. The van der Waals surface area contributed by atoms with Gasteiger partial charge in [-0.3, -0.25) is 4.98 Å². The van der Waals surface area contributed by atoms with Crippen LogP contribution in [-0.2, 0) is 0 Å². The minimum absolute atomic E-state index is 0.321. The summed E-state index contributed by atoms with van der Waals surface area (Å²) in [4.78, 5) is 4.39. The number of nitrogens with zero attached hydrogens (tertiary/aromatic N) is 4. The van der Waals surface area contributed by atoms with E-state index in [0.717, 1.165) is 38.5 Å². The van der Waals surface area contributed by atoms with Crippen LogP contribution in [0.3, 0.4) is 0 Å². The van der Waals surface area contributed by atoms with Crippen LogP contribution < -0.4 is 5.32 Å². The Hall–Kier alpha value is -3.52. The molecule has 1 N–H and O–H groups in total. The lowest BCUT2D eigenvalue weighted by Crippen LogP contribution is -2.19. The van der Waals surface area contributed by atoms with Gasteiger partial charge in [0.2, 0.25) is 0 Å². The number of aromatic nitrogens is 3. The lowest BCUT2D eigenvalue weighted by Gasteiger charge is -2.17. The van der Waals surface area contributed by atoms with Gasteiger partial charge in [0.1, 0.15) is 6.07 Å². The molecule has 1 aliphatic carbocycles. The molecular formula is C23H19N5. The molecule has 28 heavy (non-hydrogen) atoms. The molecule has 2 heterocycles. The SMILES string of the molecule is C[C@@H](Nc1c(C#N)nnc2cc(-c3cncc4ccccc34)ccc12)C1CC1. The van der Waals surface area contributed by atoms with Crippen LogP contribution in [0.25, 0.3) is 32.8 Å². The van der Waals surface area contributed by atoms with Gasteiger partial charge in [-0.15, -0.1) is 10.2 Å². The highest BCUT2D eigenvalue weighted by atomic mass is 15.1. The first-order valence-electron chi connectivity index (χ1n) is 9.55. The maximum absolute atomic E-state index is 9.50. The largest absolute Gasteiger partial charge is 0.379 e. The molecule has 5 heteroatoms. The third-order valence-corrected chi connectivity index (χ3v) is 5.55. The number of pyridine rings is 1. The summed E-state index contributed by atoms with van der Waals surface area (Å²) in [7, 11) is 0. The fourth-order valence-corrected chi connectivity index (χ4v) is 3.79. The lowest BCUT2D eigenvalue weighted by atomic mass is 9.99. The summed E-state index contributed by atoms with van der Waals surface area (Å²) in [5, 5.41) is 24.7. The van der Waals surface area contributed by atoms with E-state index in [4.69, 9.17) is 0 Å². The normalized spacial score (nSPS) is 14.7. The maximum Gasteiger partial charge on any atom is 0.186 e. The summed E-state index contributed by atoms with van der Waals surface area (Å²) in [6.07, 6.45) is 6.24. The molecule has 1 saturated carbocycles. The molecule has 0 bridgehead atoms. The molecule has 0 amide bonds. The first-order chi connectivity index (χ1) is 13.7. The van der Waals surface area contributed by atoms with E-state index in [1.54, 1.807) is 0 Å². The summed E-state index contributed by atoms with van der Waals surface area (Å²) in [6.45, 7) is 2.17. The van der Waals surface area contributed by atoms with Gasteiger partial charge in [-0.25, -0.2) is 0 Å². The predicted octanol–water partition coefficient (Wildman–Crippen LogP) is 4.93. The molecule has 1 fully saturated rings. The molecular weight excluding hydrogens is 346 g/mol. The van der Waals surface area contributed by atoms with Gasteiger partial charge in [-0.05, 0) is 48.8 Å². The number of anilines is 1. The van der Waals surface area contributed by atoms with Crippen LogP contribution in [0, 0.1) is 17.2 Å². The highest BCUT2D eigenvalue weighted by Crippen LogP contribution is 2.36. The van der Waals surface area contributed by atoms with Crippen molar-refractivity contribution < 1.29 is 0 Å². The Morgan fingerprint density at radius 1 is 1.07 bits per heavy atom. The van der Waals surface area contributed by atoms with Crippen molar-refractivity contribution in [1.29, 1.82) is 5.26 Å². The molecule has 1 atom stereocenters. The van der Waals surface area contributed by atoms with Crippen LogP contribution in [0.4, 0.5) is 5.69 Å². The predicted molar refractivity (Wildman–Crippen MR) is 111 cm³/mol.